The molecule has 0 saturated heterocycles. The lowest BCUT2D eigenvalue weighted by molar-refractivity contribution is 0.369. The van der Waals surface area contributed by atoms with Crippen LogP contribution >= 0.6 is 0 Å². The standard InChI is InChI=1S/C13H21NO2/c1-5-7-10(14-2)13-11(15-3)8-6-9-12(13)16-4/h6,8-10,14H,5,7H2,1-4H3. The van der Waals surface area contributed by atoms with E-state index in [-0.39, 0.29) is 6.04 Å². The highest BCUT2D eigenvalue weighted by Crippen LogP contribution is 2.35. The molecule has 90 valence electrons. The molecule has 1 atom stereocenters. The summed E-state index contributed by atoms with van der Waals surface area (Å²) in [7, 11) is 5.35. The van der Waals surface area contributed by atoms with E-state index < -0.39 is 0 Å². The van der Waals surface area contributed by atoms with Crippen molar-refractivity contribution in [1.82, 2.24) is 5.32 Å². The number of rotatable bonds is 6. The summed E-state index contributed by atoms with van der Waals surface area (Å²) in [6.07, 6.45) is 2.18. The van der Waals surface area contributed by atoms with Crippen molar-refractivity contribution >= 4 is 0 Å². The normalized spacial score (nSPS) is 12.2. The molecule has 0 saturated carbocycles. The maximum absolute atomic E-state index is 5.40. The van der Waals surface area contributed by atoms with Gasteiger partial charge in [0.1, 0.15) is 11.5 Å². The molecule has 0 fully saturated rings. The van der Waals surface area contributed by atoms with Crippen molar-refractivity contribution in [1.29, 1.82) is 0 Å². The second-order valence-electron chi connectivity index (χ2n) is 3.71. The Hall–Kier alpha value is -1.22. The summed E-state index contributed by atoms with van der Waals surface area (Å²) in [5, 5.41) is 3.31. The van der Waals surface area contributed by atoms with Gasteiger partial charge in [0, 0.05) is 6.04 Å². The number of nitrogens with one attached hydrogen (secondary N) is 1. The van der Waals surface area contributed by atoms with E-state index >= 15 is 0 Å². The summed E-state index contributed by atoms with van der Waals surface area (Å²) < 4.78 is 10.8. The fourth-order valence-electron chi connectivity index (χ4n) is 1.95. The molecule has 0 spiro atoms. The molecular weight excluding hydrogens is 202 g/mol. The Morgan fingerprint density at radius 3 is 2.12 bits per heavy atom. The molecule has 0 aliphatic rings. The number of hydrogen-bond acceptors (Lipinski definition) is 3. The molecule has 0 radical (unpaired) electrons. The third-order valence-corrected chi connectivity index (χ3v) is 2.74. The zero-order chi connectivity index (χ0) is 12.0. The van der Waals surface area contributed by atoms with E-state index in [9.17, 15) is 0 Å². The average molecular weight is 223 g/mol. The van der Waals surface area contributed by atoms with Crippen LogP contribution in [-0.2, 0) is 0 Å². The SMILES string of the molecule is CCCC(NC)c1c(OC)cccc1OC. The maximum Gasteiger partial charge on any atom is 0.127 e. The summed E-state index contributed by atoms with van der Waals surface area (Å²) >= 11 is 0. The zero-order valence-corrected chi connectivity index (χ0v) is 10.5. The molecule has 0 aromatic heterocycles. The first-order chi connectivity index (χ1) is 7.78. The van der Waals surface area contributed by atoms with Gasteiger partial charge in [0.25, 0.3) is 0 Å². The van der Waals surface area contributed by atoms with Crippen LogP contribution in [0.15, 0.2) is 18.2 Å². The van der Waals surface area contributed by atoms with Gasteiger partial charge in [-0.05, 0) is 25.6 Å². The minimum atomic E-state index is 0.274. The van der Waals surface area contributed by atoms with E-state index in [1.807, 2.05) is 25.2 Å². The predicted octanol–water partition coefficient (Wildman–Crippen LogP) is 2.76. The highest BCUT2D eigenvalue weighted by atomic mass is 16.5. The van der Waals surface area contributed by atoms with E-state index in [0.717, 1.165) is 29.9 Å². The highest BCUT2D eigenvalue weighted by Gasteiger charge is 2.18. The summed E-state index contributed by atoms with van der Waals surface area (Å²) in [5.74, 6) is 1.76. The lowest BCUT2D eigenvalue weighted by atomic mass is 10.0. The second-order valence-corrected chi connectivity index (χ2v) is 3.71. The van der Waals surface area contributed by atoms with E-state index in [0.29, 0.717) is 0 Å². The summed E-state index contributed by atoms with van der Waals surface area (Å²) in [6, 6.07) is 6.16. The molecule has 1 N–H and O–H groups in total. The summed E-state index contributed by atoms with van der Waals surface area (Å²) in [4.78, 5) is 0. The number of hydrogen-bond donors (Lipinski definition) is 1. The minimum Gasteiger partial charge on any atom is -0.496 e. The van der Waals surface area contributed by atoms with Crippen molar-refractivity contribution in [3.8, 4) is 11.5 Å². The molecular formula is C13H21NO2. The minimum absolute atomic E-state index is 0.274. The van der Waals surface area contributed by atoms with E-state index in [4.69, 9.17) is 9.47 Å². The highest BCUT2D eigenvalue weighted by molar-refractivity contribution is 5.46. The van der Waals surface area contributed by atoms with Crippen LogP contribution in [0.2, 0.25) is 0 Å². The predicted molar refractivity (Wildman–Crippen MR) is 66.3 cm³/mol. The van der Waals surface area contributed by atoms with Crippen molar-refractivity contribution in [2.75, 3.05) is 21.3 Å². The van der Waals surface area contributed by atoms with Crippen LogP contribution in [0.25, 0.3) is 0 Å². The van der Waals surface area contributed by atoms with Gasteiger partial charge in [0.15, 0.2) is 0 Å². The van der Waals surface area contributed by atoms with Crippen LogP contribution in [0.3, 0.4) is 0 Å². The first-order valence-electron chi connectivity index (χ1n) is 5.66. The lowest BCUT2D eigenvalue weighted by Crippen LogP contribution is -2.17. The van der Waals surface area contributed by atoms with Gasteiger partial charge in [0.05, 0.1) is 19.8 Å². The molecule has 0 aliphatic carbocycles. The molecule has 3 heteroatoms. The number of benzene rings is 1. The van der Waals surface area contributed by atoms with Crippen LogP contribution in [0.4, 0.5) is 0 Å². The van der Waals surface area contributed by atoms with E-state index in [1.54, 1.807) is 14.2 Å². The molecule has 1 rings (SSSR count). The van der Waals surface area contributed by atoms with Crippen molar-refractivity contribution < 1.29 is 9.47 Å². The molecule has 16 heavy (non-hydrogen) atoms. The van der Waals surface area contributed by atoms with Crippen LogP contribution in [0.1, 0.15) is 31.4 Å². The molecule has 1 unspecified atom stereocenters. The van der Waals surface area contributed by atoms with Crippen LogP contribution in [0.5, 0.6) is 11.5 Å². The largest absolute Gasteiger partial charge is 0.496 e. The Balaban J connectivity index is 3.14. The molecule has 0 heterocycles. The molecule has 3 nitrogen and oxygen atoms in total. The van der Waals surface area contributed by atoms with Gasteiger partial charge in [-0.1, -0.05) is 19.4 Å². The van der Waals surface area contributed by atoms with Gasteiger partial charge < -0.3 is 14.8 Å². The van der Waals surface area contributed by atoms with Crippen molar-refractivity contribution in [2.24, 2.45) is 0 Å². The fraction of sp³-hybridized carbons (Fsp3) is 0.538. The Labute approximate surface area is 97.8 Å². The summed E-state index contributed by atoms with van der Waals surface area (Å²) in [5.41, 5.74) is 1.11. The van der Waals surface area contributed by atoms with Crippen molar-refractivity contribution in [2.45, 2.75) is 25.8 Å². The zero-order valence-electron chi connectivity index (χ0n) is 10.5. The fourth-order valence-corrected chi connectivity index (χ4v) is 1.95. The van der Waals surface area contributed by atoms with Gasteiger partial charge in [-0.3, -0.25) is 0 Å². The van der Waals surface area contributed by atoms with Gasteiger partial charge in [0.2, 0.25) is 0 Å². The lowest BCUT2D eigenvalue weighted by Gasteiger charge is -2.21. The van der Waals surface area contributed by atoms with Gasteiger partial charge in [-0.25, -0.2) is 0 Å². The average Bonchev–Trinajstić information content (AvgIpc) is 2.35. The number of ether oxygens (including phenoxy) is 2. The topological polar surface area (TPSA) is 30.5 Å². The summed E-state index contributed by atoms with van der Waals surface area (Å²) in [6.45, 7) is 2.17. The molecule has 0 amide bonds. The Kier molecular flexibility index (Phi) is 5.12. The van der Waals surface area contributed by atoms with Crippen LogP contribution in [-0.4, -0.2) is 21.3 Å². The molecule has 1 aromatic carbocycles. The van der Waals surface area contributed by atoms with Gasteiger partial charge in [-0.15, -0.1) is 0 Å². The molecule has 1 aromatic rings. The second kappa shape index (κ2) is 6.38. The Morgan fingerprint density at radius 1 is 1.19 bits per heavy atom. The van der Waals surface area contributed by atoms with Crippen molar-refractivity contribution in [3.63, 3.8) is 0 Å². The quantitative estimate of drug-likeness (QED) is 0.804. The van der Waals surface area contributed by atoms with Crippen LogP contribution in [0, 0.1) is 0 Å². The van der Waals surface area contributed by atoms with E-state index in [1.165, 1.54) is 0 Å². The van der Waals surface area contributed by atoms with E-state index in [2.05, 4.69) is 12.2 Å². The first kappa shape index (κ1) is 12.8. The Morgan fingerprint density at radius 2 is 1.75 bits per heavy atom. The van der Waals surface area contributed by atoms with Gasteiger partial charge in [-0.2, -0.15) is 0 Å². The molecule has 0 bridgehead atoms. The first-order valence-corrected chi connectivity index (χ1v) is 5.66. The number of methoxy groups -OCH3 is 2. The van der Waals surface area contributed by atoms with Crippen LogP contribution < -0.4 is 14.8 Å². The van der Waals surface area contributed by atoms with Crippen molar-refractivity contribution in [3.05, 3.63) is 23.8 Å². The third kappa shape index (κ3) is 2.67. The maximum atomic E-state index is 5.40. The smallest absolute Gasteiger partial charge is 0.127 e. The monoisotopic (exact) mass is 223 g/mol. The third-order valence-electron chi connectivity index (χ3n) is 2.74. The van der Waals surface area contributed by atoms with Gasteiger partial charge >= 0.3 is 0 Å². The molecule has 0 aliphatic heterocycles. The Bertz CT molecular complexity index is 303.